The summed E-state index contributed by atoms with van der Waals surface area (Å²) in [6, 6.07) is 14.2. The standard InChI is InChI=1S/C20H17FN2O4/c1-25-15-7-9-17(19(11-15)26-2)20(24)23-22-12-16-8-10-18(27-16)13-3-5-14(21)6-4-13/h3-12H,1-2H3,(H,23,24). The fraction of sp³-hybridized carbons (Fsp3) is 0.100. The third kappa shape index (κ3) is 4.33. The van der Waals surface area contributed by atoms with E-state index in [2.05, 4.69) is 10.5 Å². The van der Waals surface area contributed by atoms with Crippen molar-refractivity contribution in [1.29, 1.82) is 0 Å². The van der Waals surface area contributed by atoms with Gasteiger partial charge >= 0.3 is 0 Å². The van der Waals surface area contributed by atoms with E-state index >= 15 is 0 Å². The molecule has 0 aliphatic carbocycles. The highest BCUT2D eigenvalue weighted by atomic mass is 19.1. The Morgan fingerprint density at radius 2 is 1.85 bits per heavy atom. The van der Waals surface area contributed by atoms with Crippen LogP contribution in [-0.4, -0.2) is 26.3 Å². The molecule has 0 spiro atoms. The lowest BCUT2D eigenvalue weighted by atomic mass is 10.2. The molecule has 0 saturated heterocycles. The van der Waals surface area contributed by atoms with Gasteiger partial charge in [-0.1, -0.05) is 0 Å². The molecule has 7 heteroatoms. The fourth-order valence-electron chi connectivity index (χ4n) is 2.39. The van der Waals surface area contributed by atoms with Crippen molar-refractivity contribution in [2.24, 2.45) is 5.10 Å². The van der Waals surface area contributed by atoms with Crippen LogP contribution in [0, 0.1) is 5.82 Å². The van der Waals surface area contributed by atoms with Crippen LogP contribution in [0.3, 0.4) is 0 Å². The molecule has 1 aromatic heterocycles. The highest BCUT2D eigenvalue weighted by Gasteiger charge is 2.12. The summed E-state index contributed by atoms with van der Waals surface area (Å²) < 4.78 is 28.9. The quantitative estimate of drug-likeness (QED) is 0.530. The molecular weight excluding hydrogens is 351 g/mol. The van der Waals surface area contributed by atoms with Crippen molar-refractivity contribution in [3.05, 3.63) is 71.7 Å². The molecule has 138 valence electrons. The molecule has 0 fully saturated rings. The van der Waals surface area contributed by atoms with Gasteiger partial charge in [0.15, 0.2) is 0 Å². The summed E-state index contributed by atoms with van der Waals surface area (Å²) in [5.74, 6) is 1.21. The molecule has 0 atom stereocenters. The number of benzene rings is 2. The molecule has 0 unspecified atom stereocenters. The number of carbonyl (C=O) groups excluding carboxylic acids is 1. The van der Waals surface area contributed by atoms with E-state index in [0.29, 0.717) is 28.6 Å². The van der Waals surface area contributed by atoms with Crippen molar-refractivity contribution in [1.82, 2.24) is 5.43 Å². The average molecular weight is 368 g/mol. The van der Waals surface area contributed by atoms with Crippen molar-refractivity contribution in [3.8, 4) is 22.8 Å². The van der Waals surface area contributed by atoms with E-state index in [4.69, 9.17) is 13.9 Å². The molecule has 0 aliphatic rings. The second-order valence-corrected chi connectivity index (χ2v) is 5.47. The summed E-state index contributed by atoms with van der Waals surface area (Å²) in [7, 11) is 3.00. The SMILES string of the molecule is COc1ccc(C(=O)NN=Cc2ccc(-c3ccc(F)cc3)o2)c(OC)c1. The first-order valence-electron chi connectivity index (χ1n) is 8.02. The van der Waals surface area contributed by atoms with Crippen LogP contribution in [0.15, 0.2) is 64.1 Å². The van der Waals surface area contributed by atoms with E-state index in [1.807, 2.05) is 0 Å². The van der Waals surface area contributed by atoms with E-state index in [1.54, 1.807) is 42.5 Å². The highest BCUT2D eigenvalue weighted by Crippen LogP contribution is 2.24. The maximum absolute atomic E-state index is 13.0. The molecule has 1 heterocycles. The maximum atomic E-state index is 13.0. The van der Waals surface area contributed by atoms with Crippen LogP contribution < -0.4 is 14.9 Å². The lowest BCUT2D eigenvalue weighted by molar-refractivity contribution is 0.0952. The molecular formula is C20H17FN2O4. The summed E-state index contributed by atoms with van der Waals surface area (Å²) >= 11 is 0. The number of carbonyl (C=O) groups is 1. The van der Waals surface area contributed by atoms with Gasteiger partial charge in [-0.3, -0.25) is 4.79 Å². The number of nitrogens with zero attached hydrogens (tertiary/aromatic N) is 1. The van der Waals surface area contributed by atoms with Crippen molar-refractivity contribution in [3.63, 3.8) is 0 Å². The minimum Gasteiger partial charge on any atom is -0.497 e. The molecule has 0 saturated carbocycles. The van der Waals surface area contributed by atoms with Gasteiger partial charge in [0.25, 0.3) is 5.91 Å². The summed E-state index contributed by atoms with van der Waals surface area (Å²) in [5, 5.41) is 3.89. The van der Waals surface area contributed by atoms with Gasteiger partial charge in [0, 0.05) is 11.6 Å². The zero-order chi connectivity index (χ0) is 19.2. The number of rotatable bonds is 6. The number of hydrazone groups is 1. The summed E-state index contributed by atoms with van der Waals surface area (Å²) in [5.41, 5.74) is 3.48. The predicted molar refractivity (Wildman–Crippen MR) is 98.7 cm³/mol. The maximum Gasteiger partial charge on any atom is 0.275 e. The Morgan fingerprint density at radius 1 is 1.07 bits per heavy atom. The zero-order valence-electron chi connectivity index (χ0n) is 14.7. The van der Waals surface area contributed by atoms with Crippen LogP contribution >= 0.6 is 0 Å². The Bertz CT molecular complexity index is 964. The van der Waals surface area contributed by atoms with Crippen LogP contribution in [0.25, 0.3) is 11.3 Å². The van der Waals surface area contributed by atoms with Crippen molar-refractivity contribution < 1.29 is 23.1 Å². The Morgan fingerprint density at radius 3 is 2.56 bits per heavy atom. The first-order chi connectivity index (χ1) is 13.1. The van der Waals surface area contributed by atoms with Gasteiger partial charge in [-0.2, -0.15) is 5.10 Å². The summed E-state index contributed by atoms with van der Waals surface area (Å²) in [6.45, 7) is 0. The van der Waals surface area contributed by atoms with Crippen molar-refractivity contribution >= 4 is 12.1 Å². The smallest absolute Gasteiger partial charge is 0.275 e. The van der Waals surface area contributed by atoms with Crippen LogP contribution in [-0.2, 0) is 0 Å². The molecule has 1 amide bonds. The Kier molecular flexibility index (Phi) is 5.51. The largest absolute Gasteiger partial charge is 0.497 e. The number of nitrogens with one attached hydrogen (secondary N) is 1. The molecule has 1 N–H and O–H groups in total. The molecule has 6 nitrogen and oxygen atoms in total. The highest BCUT2D eigenvalue weighted by molar-refractivity contribution is 5.97. The Balaban J connectivity index is 1.67. The van der Waals surface area contributed by atoms with Crippen LogP contribution in [0.1, 0.15) is 16.1 Å². The topological polar surface area (TPSA) is 73.1 Å². The Hall–Kier alpha value is -3.61. The number of amides is 1. The predicted octanol–water partition coefficient (Wildman–Crippen LogP) is 3.87. The van der Waals surface area contributed by atoms with Gasteiger partial charge < -0.3 is 13.9 Å². The third-order valence-corrected chi connectivity index (χ3v) is 3.77. The summed E-state index contributed by atoms with van der Waals surface area (Å²) in [4.78, 5) is 12.3. The number of ether oxygens (including phenoxy) is 2. The molecule has 27 heavy (non-hydrogen) atoms. The van der Waals surface area contributed by atoms with Crippen molar-refractivity contribution in [2.75, 3.05) is 14.2 Å². The second kappa shape index (κ2) is 8.18. The molecule has 0 aliphatic heterocycles. The van der Waals surface area contributed by atoms with Gasteiger partial charge in [0.05, 0.1) is 26.0 Å². The van der Waals surface area contributed by atoms with E-state index in [-0.39, 0.29) is 5.82 Å². The molecule has 3 aromatic rings. The lowest BCUT2D eigenvalue weighted by Crippen LogP contribution is -2.18. The summed E-state index contributed by atoms with van der Waals surface area (Å²) in [6.07, 6.45) is 1.38. The number of furan rings is 1. The van der Waals surface area contributed by atoms with Gasteiger partial charge in [0.1, 0.15) is 28.8 Å². The number of halogens is 1. The van der Waals surface area contributed by atoms with Crippen molar-refractivity contribution in [2.45, 2.75) is 0 Å². The Labute approximate surface area is 155 Å². The van der Waals surface area contributed by atoms with Gasteiger partial charge in [0.2, 0.25) is 0 Å². The van der Waals surface area contributed by atoms with Gasteiger partial charge in [-0.15, -0.1) is 0 Å². The third-order valence-electron chi connectivity index (χ3n) is 3.77. The molecule has 3 rings (SSSR count). The lowest BCUT2D eigenvalue weighted by Gasteiger charge is -2.08. The van der Waals surface area contributed by atoms with Crippen LogP contribution in [0.4, 0.5) is 4.39 Å². The van der Waals surface area contributed by atoms with E-state index in [9.17, 15) is 9.18 Å². The number of hydrogen-bond donors (Lipinski definition) is 1. The first-order valence-corrected chi connectivity index (χ1v) is 8.02. The minimum atomic E-state index is -0.434. The monoisotopic (exact) mass is 368 g/mol. The minimum absolute atomic E-state index is 0.316. The number of methoxy groups -OCH3 is 2. The zero-order valence-corrected chi connectivity index (χ0v) is 14.7. The molecule has 2 aromatic carbocycles. The second-order valence-electron chi connectivity index (χ2n) is 5.47. The van der Waals surface area contributed by atoms with Crippen LogP contribution in [0.5, 0.6) is 11.5 Å². The average Bonchev–Trinajstić information content (AvgIpc) is 3.16. The van der Waals surface area contributed by atoms with Crippen LogP contribution in [0.2, 0.25) is 0 Å². The number of hydrogen-bond acceptors (Lipinski definition) is 5. The van der Waals surface area contributed by atoms with Gasteiger partial charge in [-0.25, -0.2) is 9.82 Å². The molecule has 0 radical (unpaired) electrons. The van der Waals surface area contributed by atoms with Gasteiger partial charge in [-0.05, 0) is 48.5 Å². The fourth-order valence-corrected chi connectivity index (χ4v) is 2.39. The normalized spacial score (nSPS) is 10.8. The van der Waals surface area contributed by atoms with E-state index in [0.717, 1.165) is 5.56 Å². The molecule has 0 bridgehead atoms. The van der Waals surface area contributed by atoms with E-state index < -0.39 is 5.91 Å². The van der Waals surface area contributed by atoms with E-state index in [1.165, 1.54) is 32.6 Å². The first kappa shape index (κ1) is 18.2.